The van der Waals surface area contributed by atoms with Crippen molar-refractivity contribution in [2.24, 2.45) is 11.5 Å². The summed E-state index contributed by atoms with van der Waals surface area (Å²) in [5.74, 6) is -0.539. The molecule has 0 aliphatic rings. The van der Waals surface area contributed by atoms with E-state index in [-0.39, 0.29) is 19.5 Å². The van der Waals surface area contributed by atoms with Gasteiger partial charge in [-0.25, -0.2) is 4.79 Å². The summed E-state index contributed by atoms with van der Waals surface area (Å²) in [4.78, 5) is 21.9. The van der Waals surface area contributed by atoms with Crippen molar-refractivity contribution in [3.05, 3.63) is 0 Å². The minimum atomic E-state index is -3.26. The number of carbonyl (C=O) groups excluding carboxylic acids is 2. The maximum absolute atomic E-state index is 12.3. The van der Waals surface area contributed by atoms with Crippen LogP contribution in [0.4, 0.5) is 4.79 Å². The van der Waals surface area contributed by atoms with Gasteiger partial charge in [-0.15, -0.1) is 0 Å². The van der Waals surface area contributed by atoms with Crippen LogP contribution < -0.4 is 22.1 Å². The third-order valence-corrected chi connectivity index (χ3v) is 4.62. The number of unbranched alkanes of at least 4 members (excludes halogenated alkanes) is 1. The van der Waals surface area contributed by atoms with Crippen molar-refractivity contribution in [2.45, 2.75) is 39.2 Å². The summed E-state index contributed by atoms with van der Waals surface area (Å²) in [6, 6.07) is -1.22. The topological polar surface area (TPSA) is 146 Å². The molecule has 0 fully saturated rings. The van der Waals surface area contributed by atoms with Gasteiger partial charge in [0.2, 0.25) is 5.91 Å². The van der Waals surface area contributed by atoms with Crippen LogP contribution in [0.3, 0.4) is 0 Å². The second kappa shape index (κ2) is 11.4. The zero-order valence-electron chi connectivity index (χ0n) is 13.2. The standard InChI is InChI=1S/C12H27N4O5P/c1-3-20-22(19,21-4-2)9-16-10(11(13)17)7-5-6-8-15-12(14)18/h10,16H,3-9H2,1-2H3,(H2,13,17)(H3,14,15,18)/t10-/m0/s1. The highest BCUT2D eigenvalue weighted by molar-refractivity contribution is 7.53. The summed E-state index contributed by atoms with van der Waals surface area (Å²) in [5.41, 5.74) is 10.3. The number of hydrogen-bond donors (Lipinski definition) is 4. The third kappa shape index (κ3) is 9.73. The molecule has 0 heterocycles. The first-order chi connectivity index (χ1) is 10.3. The first-order valence-electron chi connectivity index (χ1n) is 7.28. The number of hydrogen-bond acceptors (Lipinski definition) is 6. The van der Waals surface area contributed by atoms with E-state index in [1.807, 2.05) is 0 Å². The number of rotatable bonds is 13. The molecular formula is C12H27N4O5P. The zero-order valence-corrected chi connectivity index (χ0v) is 14.1. The Kier molecular flexibility index (Phi) is 10.8. The van der Waals surface area contributed by atoms with Crippen molar-refractivity contribution in [1.82, 2.24) is 10.6 Å². The highest BCUT2D eigenvalue weighted by atomic mass is 31.2. The molecule has 0 spiro atoms. The van der Waals surface area contributed by atoms with Gasteiger partial charge in [0.25, 0.3) is 0 Å². The number of primary amides is 2. The van der Waals surface area contributed by atoms with Crippen LogP contribution in [0.25, 0.3) is 0 Å². The van der Waals surface area contributed by atoms with Gasteiger partial charge in [-0.2, -0.15) is 0 Å². The van der Waals surface area contributed by atoms with E-state index in [2.05, 4.69) is 10.6 Å². The summed E-state index contributed by atoms with van der Waals surface area (Å²) in [6.07, 6.45) is 1.67. The minimum Gasteiger partial charge on any atom is -0.368 e. The Morgan fingerprint density at radius 1 is 1.14 bits per heavy atom. The lowest BCUT2D eigenvalue weighted by atomic mass is 10.1. The van der Waals surface area contributed by atoms with Crippen molar-refractivity contribution < 1.29 is 23.2 Å². The first-order valence-corrected chi connectivity index (χ1v) is 9.01. The Balaban J connectivity index is 4.25. The summed E-state index contributed by atoms with van der Waals surface area (Å²) < 4.78 is 22.5. The second-order valence-corrected chi connectivity index (χ2v) is 6.60. The van der Waals surface area contributed by atoms with E-state index in [9.17, 15) is 14.2 Å². The molecule has 9 nitrogen and oxygen atoms in total. The van der Waals surface area contributed by atoms with Gasteiger partial charge in [0.05, 0.1) is 25.5 Å². The molecule has 6 N–H and O–H groups in total. The maximum Gasteiger partial charge on any atom is 0.344 e. The highest BCUT2D eigenvalue weighted by Gasteiger charge is 2.26. The average Bonchev–Trinajstić information content (AvgIpc) is 2.41. The van der Waals surface area contributed by atoms with Crippen molar-refractivity contribution >= 4 is 19.5 Å². The smallest absolute Gasteiger partial charge is 0.344 e. The Labute approximate surface area is 131 Å². The molecule has 0 aromatic rings. The highest BCUT2D eigenvalue weighted by Crippen LogP contribution is 2.46. The number of carbonyl (C=O) groups is 2. The molecule has 0 saturated carbocycles. The van der Waals surface area contributed by atoms with E-state index in [4.69, 9.17) is 20.5 Å². The molecule has 0 unspecified atom stereocenters. The largest absolute Gasteiger partial charge is 0.368 e. The van der Waals surface area contributed by atoms with Gasteiger partial charge in [0.1, 0.15) is 0 Å². The van der Waals surface area contributed by atoms with Gasteiger partial charge >= 0.3 is 13.6 Å². The quantitative estimate of drug-likeness (QED) is 0.284. The van der Waals surface area contributed by atoms with Crippen LogP contribution in [0.1, 0.15) is 33.1 Å². The Hall–Kier alpha value is -1.15. The fourth-order valence-corrected chi connectivity index (χ4v) is 3.26. The van der Waals surface area contributed by atoms with Gasteiger partial charge in [-0.05, 0) is 33.1 Å². The Morgan fingerprint density at radius 2 is 1.73 bits per heavy atom. The average molecular weight is 338 g/mol. The van der Waals surface area contributed by atoms with Gasteiger partial charge in [-0.1, -0.05) is 0 Å². The third-order valence-electron chi connectivity index (χ3n) is 2.75. The predicted octanol–water partition coefficient (Wildman–Crippen LogP) is 0.492. The van der Waals surface area contributed by atoms with Gasteiger partial charge in [0, 0.05) is 6.54 Å². The lowest BCUT2D eigenvalue weighted by molar-refractivity contribution is -0.120. The van der Waals surface area contributed by atoms with E-state index in [1.165, 1.54) is 0 Å². The van der Waals surface area contributed by atoms with E-state index >= 15 is 0 Å². The molecule has 0 aliphatic heterocycles. The molecular weight excluding hydrogens is 311 g/mol. The van der Waals surface area contributed by atoms with E-state index in [1.54, 1.807) is 13.8 Å². The van der Waals surface area contributed by atoms with E-state index < -0.39 is 25.6 Å². The maximum atomic E-state index is 12.3. The van der Waals surface area contributed by atoms with Crippen LogP contribution in [0.2, 0.25) is 0 Å². The summed E-state index contributed by atoms with van der Waals surface area (Å²) in [7, 11) is -3.26. The van der Waals surface area contributed by atoms with Crippen LogP contribution in [0, 0.1) is 0 Å². The summed E-state index contributed by atoms with van der Waals surface area (Å²) >= 11 is 0. The number of urea groups is 1. The van der Waals surface area contributed by atoms with Crippen molar-refractivity contribution in [3.8, 4) is 0 Å². The molecule has 22 heavy (non-hydrogen) atoms. The van der Waals surface area contributed by atoms with Crippen molar-refractivity contribution in [3.63, 3.8) is 0 Å². The number of amides is 3. The molecule has 0 radical (unpaired) electrons. The molecule has 0 aromatic heterocycles. The van der Waals surface area contributed by atoms with Crippen LogP contribution in [-0.2, 0) is 18.4 Å². The molecule has 10 heteroatoms. The first kappa shape index (κ1) is 20.9. The minimum absolute atomic E-state index is 0.0815. The van der Waals surface area contributed by atoms with Gasteiger partial charge < -0.3 is 25.8 Å². The van der Waals surface area contributed by atoms with E-state index in [0.717, 1.165) is 0 Å². The zero-order chi connectivity index (χ0) is 17.0. The normalized spacial score (nSPS) is 12.8. The lowest BCUT2D eigenvalue weighted by Gasteiger charge is -2.21. The molecule has 0 rings (SSSR count). The fraction of sp³-hybridized carbons (Fsp3) is 0.833. The molecule has 0 aliphatic carbocycles. The van der Waals surface area contributed by atoms with Gasteiger partial charge in [-0.3, -0.25) is 14.7 Å². The molecule has 3 amide bonds. The fourth-order valence-electron chi connectivity index (χ4n) is 1.77. The van der Waals surface area contributed by atoms with Crippen LogP contribution in [0.5, 0.6) is 0 Å². The summed E-state index contributed by atoms with van der Waals surface area (Å²) in [5, 5.41) is 5.29. The second-order valence-electron chi connectivity index (χ2n) is 4.55. The van der Waals surface area contributed by atoms with E-state index in [0.29, 0.717) is 25.8 Å². The van der Waals surface area contributed by atoms with Gasteiger partial charge in [0.15, 0.2) is 0 Å². The molecule has 0 bridgehead atoms. The number of nitrogens with two attached hydrogens (primary N) is 2. The lowest BCUT2D eigenvalue weighted by Crippen LogP contribution is -2.42. The van der Waals surface area contributed by atoms with Crippen molar-refractivity contribution in [2.75, 3.05) is 26.0 Å². The molecule has 1 atom stereocenters. The van der Waals surface area contributed by atoms with Crippen LogP contribution in [0.15, 0.2) is 0 Å². The Morgan fingerprint density at radius 3 is 2.18 bits per heavy atom. The van der Waals surface area contributed by atoms with Crippen molar-refractivity contribution in [1.29, 1.82) is 0 Å². The number of nitrogens with one attached hydrogen (secondary N) is 2. The predicted molar refractivity (Wildman–Crippen MR) is 83.3 cm³/mol. The monoisotopic (exact) mass is 338 g/mol. The van der Waals surface area contributed by atoms with Crippen LogP contribution >= 0.6 is 7.60 Å². The molecule has 0 aromatic carbocycles. The van der Waals surface area contributed by atoms with Crippen LogP contribution in [-0.4, -0.2) is 44.0 Å². The molecule has 130 valence electrons. The Bertz CT molecular complexity index is 384. The molecule has 0 saturated heterocycles. The summed E-state index contributed by atoms with van der Waals surface area (Å²) in [6.45, 7) is 4.35. The SMILES string of the molecule is CCOP(=O)(CN[C@@H](CCCCNC(N)=O)C(N)=O)OCC.